The maximum absolute atomic E-state index is 12.5. The van der Waals surface area contributed by atoms with Crippen LogP contribution in [0.15, 0.2) is 24.3 Å². The van der Waals surface area contributed by atoms with E-state index in [1.54, 1.807) is 7.11 Å². The monoisotopic (exact) mass is 721 g/mol. The second kappa shape index (κ2) is 25.2. The third-order valence-corrected chi connectivity index (χ3v) is 8.59. The zero-order chi connectivity index (χ0) is 37.4. The number of nitrogens with two attached hydrogens (primary N) is 1. The van der Waals surface area contributed by atoms with Gasteiger partial charge in [-0.2, -0.15) is 0 Å². The summed E-state index contributed by atoms with van der Waals surface area (Å²) < 4.78 is 17.0. The van der Waals surface area contributed by atoms with Gasteiger partial charge in [-0.3, -0.25) is 24.5 Å². The van der Waals surface area contributed by atoms with Gasteiger partial charge in [-0.05, 0) is 49.8 Å². The van der Waals surface area contributed by atoms with Gasteiger partial charge in [0.15, 0.2) is 6.29 Å². The Bertz CT molecular complexity index is 1220. The molecular formula is C36H59N5O10. The molecule has 51 heavy (non-hydrogen) atoms. The van der Waals surface area contributed by atoms with E-state index in [2.05, 4.69) is 16.0 Å². The fourth-order valence-corrected chi connectivity index (χ4v) is 5.79. The first kappa shape index (κ1) is 43.4. The number of hydrogen-bond acceptors (Lipinski definition) is 10. The van der Waals surface area contributed by atoms with E-state index in [1.165, 1.54) is 6.92 Å². The summed E-state index contributed by atoms with van der Waals surface area (Å²) in [4.78, 5) is 58.5. The summed E-state index contributed by atoms with van der Waals surface area (Å²) in [6.45, 7) is 2.11. The summed E-state index contributed by atoms with van der Waals surface area (Å²) in [5, 5.41) is 31.8. The molecule has 5 unspecified atom stereocenters. The molecule has 1 aliphatic rings. The number of amides is 6. The number of nitrogens with one attached hydrogen (secondary N) is 4. The van der Waals surface area contributed by atoms with E-state index in [4.69, 9.17) is 19.9 Å². The number of hydrogen-bond donors (Lipinski definition) is 7. The quantitative estimate of drug-likeness (QED) is 0.0728. The molecule has 15 heteroatoms. The van der Waals surface area contributed by atoms with Crippen molar-refractivity contribution in [2.45, 2.75) is 134 Å². The normalized spacial score (nSPS) is 19.9. The molecule has 288 valence electrons. The van der Waals surface area contributed by atoms with Gasteiger partial charge in [0.05, 0.1) is 7.11 Å². The van der Waals surface area contributed by atoms with Crippen LogP contribution in [0.25, 0.3) is 0 Å². The summed E-state index contributed by atoms with van der Waals surface area (Å²) in [5.41, 5.74) is 6.03. The predicted molar refractivity (Wildman–Crippen MR) is 189 cm³/mol. The van der Waals surface area contributed by atoms with Crippen molar-refractivity contribution in [1.29, 1.82) is 0 Å². The molecule has 1 aromatic rings. The highest BCUT2D eigenvalue weighted by Crippen LogP contribution is 2.23. The van der Waals surface area contributed by atoms with Crippen LogP contribution in [-0.4, -0.2) is 97.3 Å². The van der Waals surface area contributed by atoms with Gasteiger partial charge in [0.1, 0.15) is 30.1 Å². The van der Waals surface area contributed by atoms with Gasteiger partial charge in [-0.15, -0.1) is 0 Å². The van der Waals surface area contributed by atoms with E-state index in [0.29, 0.717) is 38.6 Å². The molecule has 8 N–H and O–H groups in total. The van der Waals surface area contributed by atoms with Crippen LogP contribution in [0.1, 0.15) is 102 Å². The van der Waals surface area contributed by atoms with Crippen molar-refractivity contribution < 1.29 is 48.4 Å². The molecule has 1 aromatic carbocycles. The number of imide groups is 1. The van der Waals surface area contributed by atoms with Gasteiger partial charge in [0, 0.05) is 45.9 Å². The minimum Gasteiger partial charge on any atom is -0.497 e. The molecule has 15 nitrogen and oxygen atoms in total. The third kappa shape index (κ3) is 18.9. The number of benzene rings is 1. The van der Waals surface area contributed by atoms with Gasteiger partial charge >= 0.3 is 6.03 Å². The third-order valence-electron chi connectivity index (χ3n) is 8.59. The molecule has 0 radical (unpaired) electrons. The lowest BCUT2D eigenvalue weighted by molar-refractivity contribution is -0.263. The number of ether oxygens (including phenoxy) is 3. The minimum atomic E-state index is -1.37. The number of unbranched alkanes of at least 4 members (excludes halogenated alkanes) is 9. The molecular weight excluding hydrogens is 662 g/mol. The van der Waals surface area contributed by atoms with Crippen LogP contribution in [0.5, 0.6) is 5.75 Å². The Morgan fingerprint density at radius 2 is 1.39 bits per heavy atom. The van der Waals surface area contributed by atoms with Gasteiger partial charge in [-0.1, -0.05) is 57.1 Å². The number of aliphatic hydroxyl groups is 2. The number of primary amides is 1. The zero-order valence-corrected chi connectivity index (χ0v) is 30.2. The molecule has 1 saturated heterocycles. The molecule has 1 heterocycles. The molecule has 0 aromatic heterocycles. The zero-order valence-electron chi connectivity index (χ0n) is 30.2. The summed E-state index contributed by atoms with van der Waals surface area (Å²) in [6.07, 6.45) is 6.00. The highest BCUT2D eigenvalue weighted by Gasteiger charge is 2.45. The van der Waals surface area contributed by atoms with Crippen LogP contribution < -0.4 is 31.7 Å². The van der Waals surface area contributed by atoms with Crippen molar-refractivity contribution >= 4 is 29.7 Å². The fourth-order valence-electron chi connectivity index (χ4n) is 5.79. The highest BCUT2D eigenvalue weighted by atomic mass is 16.7. The molecule has 6 amide bonds. The topological polar surface area (TPSA) is 228 Å². The first-order valence-corrected chi connectivity index (χ1v) is 18.2. The molecule has 5 atom stereocenters. The van der Waals surface area contributed by atoms with E-state index in [-0.39, 0.29) is 31.4 Å². The Labute approximate surface area is 301 Å². The summed E-state index contributed by atoms with van der Waals surface area (Å²) in [5.74, 6) is -0.169. The minimum absolute atomic E-state index is 0.0331. The number of rotatable bonds is 25. The van der Waals surface area contributed by atoms with Crippen LogP contribution in [-0.2, 0) is 35.1 Å². The molecule has 2 rings (SSSR count). The van der Waals surface area contributed by atoms with Crippen molar-refractivity contribution in [1.82, 2.24) is 21.3 Å². The average molecular weight is 722 g/mol. The number of methoxy groups -OCH3 is 1. The van der Waals surface area contributed by atoms with Gasteiger partial charge in [0.2, 0.25) is 23.6 Å². The molecule has 0 bridgehead atoms. The van der Waals surface area contributed by atoms with E-state index in [0.717, 1.165) is 69.1 Å². The maximum Gasteiger partial charge on any atom is 0.318 e. The number of carbonyl (C=O) groups excluding carboxylic acids is 5. The number of urea groups is 1. The Balaban J connectivity index is 1.58. The first-order valence-electron chi connectivity index (χ1n) is 18.2. The lowest BCUT2D eigenvalue weighted by Crippen LogP contribution is -2.65. The summed E-state index contributed by atoms with van der Waals surface area (Å²) in [7, 11) is 1.63. The second-order valence-corrected chi connectivity index (χ2v) is 12.9. The van der Waals surface area contributed by atoms with Crippen molar-refractivity contribution in [2.24, 2.45) is 5.73 Å². The molecule has 0 saturated carbocycles. The van der Waals surface area contributed by atoms with E-state index in [1.807, 2.05) is 29.6 Å². The standard InChI is InChI=1S/C36H59N5O10/c1-25(42)40-32-34(47)33(46)28(51-35(32)50-22-13-9-5-8-12-19-31(45)41-36(37)48)24-39-30(44)18-11-7-4-3-6-10-17-29(43)38-21-20-26-15-14-16-27(23-26)49-2/h14-16,23,28,32-35,46-47H,3-13,17-22,24H2,1-2H3,(H,38,43)(H,39,44)(H,40,42)(H3,37,41,45,48). The van der Waals surface area contributed by atoms with Gasteiger partial charge in [-0.25, -0.2) is 4.79 Å². The summed E-state index contributed by atoms with van der Waals surface area (Å²) >= 11 is 0. The largest absolute Gasteiger partial charge is 0.497 e. The number of carbonyl (C=O) groups is 5. The Kier molecular flexibility index (Phi) is 21.4. The van der Waals surface area contributed by atoms with Crippen LogP contribution in [0.2, 0.25) is 0 Å². The first-order chi connectivity index (χ1) is 24.5. The van der Waals surface area contributed by atoms with Crippen molar-refractivity contribution in [3.8, 4) is 5.75 Å². The second-order valence-electron chi connectivity index (χ2n) is 12.9. The van der Waals surface area contributed by atoms with Crippen LogP contribution in [0.3, 0.4) is 0 Å². The Hall–Kier alpha value is -3.79. The van der Waals surface area contributed by atoms with Crippen LogP contribution >= 0.6 is 0 Å². The Morgan fingerprint density at radius 1 is 0.804 bits per heavy atom. The van der Waals surface area contributed by atoms with E-state index in [9.17, 15) is 34.2 Å². The molecule has 0 spiro atoms. The molecule has 0 aliphatic carbocycles. The summed E-state index contributed by atoms with van der Waals surface area (Å²) in [6, 6.07) is 5.94. The van der Waals surface area contributed by atoms with Gasteiger partial charge < -0.3 is 46.1 Å². The lowest BCUT2D eigenvalue weighted by atomic mass is 9.96. The van der Waals surface area contributed by atoms with Gasteiger partial charge in [0.25, 0.3) is 0 Å². The van der Waals surface area contributed by atoms with E-state index >= 15 is 0 Å². The lowest BCUT2D eigenvalue weighted by Gasteiger charge is -2.42. The molecule has 1 aliphatic heterocycles. The van der Waals surface area contributed by atoms with Crippen molar-refractivity contribution in [3.63, 3.8) is 0 Å². The highest BCUT2D eigenvalue weighted by molar-refractivity contribution is 5.93. The average Bonchev–Trinajstić information content (AvgIpc) is 3.09. The van der Waals surface area contributed by atoms with E-state index < -0.39 is 48.5 Å². The van der Waals surface area contributed by atoms with Crippen molar-refractivity contribution in [3.05, 3.63) is 29.8 Å². The fraction of sp³-hybridized carbons (Fsp3) is 0.694. The predicted octanol–water partition coefficient (Wildman–Crippen LogP) is 2.09. The SMILES string of the molecule is COc1cccc(CCNC(=O)CCCCCCCCC(=O)NCC2OC(OCCCCCCCC(=O)NC(N)=O)C(NC(C)=O)C(O)C2O)c1. The van der Waals surface area contributed by atoms with Crippen LogP contribution in [0, 0.1) is 0 Å². The maximum atomic E-state index is 12.5. The molecule has 1 fully saturated rings. The number of aliphatic hydroxyl groups excluding tert-OH is 2. The Morgan fingerprint density at radius 3 is 2.00 bits per heavy atom. The van der Waals surface area contributed by atoms with Crippen molar-refractivity contribution in [2.75, 3.05) is 26.8 Å². The van der Waals surface area contributed by atoms with Crippen LogP contribution in [0.4, 0.5) is 4.79 Å². The smallest absolute Gasteiger partial charge is 0.318 e.